The van der Waals surface area contributed by atoms with Gasteiger partial charge in [0.1, 0.15) is 0 Å². The summed E-state index contributed by atoms with van der Waals surface area (Å²) in [6.45, 7) is 6.89. The smallest absolute Gasteiger partial charge is 0.0101 e. The molecule has 0 heteroatoms. The third-order valence-corrected chi connectivity index (χ3v) is 5.51. The number of benzene rings is 2. The predicted octanol–water partition coefficient (Wildman–Crippen LogP) is 7.42. The fourth-order valence-corrected chi connectivity index (χ4v) is 4.33. The predicted molar refractivity (Wildman–Crippen MR) is 111 cm³/mol. The van der Waals surface area contributed by atoms with Gasteiger partial charge in [0, 0.05) is 5.92 Å². The molecule has 25 heavy (non-hydrogen) atoms. The maximum atomic E-state index is 2.47. The van der Waals surface area contributed by atoms with Gasteiger partial charge in [-0.1, -0.05) is 95.0 Å². The van der Waals surface area contributed by atoms with Crippen LogP contribution in [0.2, 0.25) is 0 Å². The molecule has 0 nitrogen and oxygen atoms in total. The molecular weight excluding hydrogens is 300 g/mol. The zero-order valence-corrected chi connectivity index (χ0v) is 16.1. The van der Waals surface area contributed by atoms with E-state index in [1.165, 1.54) is 61.6 Å². The molecule has 3 rings (SSSR count). The monoisotopic (exact) mass is 332 g/mol. The molecule has 0 aromatic heterocycles. The lowest BCUT2D eigenvalue weighted by molar-refractivity contribution is 0.677. The molecular formula is C25H32. The Hall–Kier alpha value is -1.82. The number of hydrogen-bond donors (Lipinski definition) is 0. The van der Waals surface area contributed by atoms with E-state index >= 15 is 0 Å². The average molecular weight is 333 g/mol. The zero-order valence-electron chi connectivity index (χ0n) is 16.1. The van der Waals surface area contributed by atoms with Crippen molar-refractivity contribution < 1.29 is 0 Å². The van der Waals surface area contributed by atoms with Crippen molar-refractivity contribution in [2.24, 2.45) is 0 Å². The molecule has 1 unspecified atom stereocenters. The Morgan fingerprint density at radius 2 is 1.60 bits per heavy atom. The summed E-state index contributed by atoms with van der Waals surface area (Å²) in [7, 11) is 0. The highest BCUT2D eigenvalue weighted by Crippen LogP contribution is 2.46. The van der Waals surface area contributed by atoms with Crippen molar-refractivity contribution in [1.29, 1.82) is 0 Å². The van der Waals surface area contributed by atoms with Crippen molar-refractivity contribution in [1.82, 2.24) is 0 Å². The van der Waals surface area contributed by atoms with Gasteiger partial charge in [-0.05, 0) is 52.7 Å². The van der Waals surface area contributed by atoms with Crippen LogP contribution >= 0.6 is 0 Å². The molecule has 0 bridgehead atoms. The van der Waals surface area contributed by atoms with Gasteiger partial charge in [0.15, 0.2) is 0 Å². The lowest BCUT2D eigenvalue weighted by atomic mass is 9.83. The second-order valence-electron chi connectivity index (χ2n) is 7.37. The molecule has 0 radical (unpaired) electrons. The number of rotatable bonds is 8. The molecule has 0 fully saturated rings. The highest BCUT2D eigenvalue weighted by atomic mass is 14.3. The third-order valence-electron chi connectivity index (χ3n) is 5.51. The fraction of sp³-hybridized carbons (Fsp3) is 0.440. The summed E-state index contributed by atoms with van der Waals surface area (Å²) in [5, 5.41) is 0. The first-order valence-electron chi connectivity index (χ1n) is 10.2. The summed E-state index contributed by atoms with van der Waals surface area (Å²) in [4.78, 5) is 0. The first-order chi connectivity index (χ1) is 12.3. The quantitative estimate of drug-likeness (QED) is 0.472. The van der Waals surface area contributed by atoms with Gasteiger partial charge in [0.25, 0.3) is 0 Å². The van der Waals surface area contributed by atoms with Crippen LogP contribution in [0.15, 0.2) is 42.5 Å². The molecule has 0 spiro atoms. The van der Waals surface area contributed by atoms with Crippen LogP contribution in [-0.4, -0.2) is 0 Å². The molecule has 0 amide bonds. The largest absolute Gasteiger partial charge is 0.0654 e. The second kappa shape index (κ2) is 8.52. The van der Waals surface area contributed by atoms with E-state index in [1.54, 1.807) is 16.7 Å². The first kappa shape index (κ1) is 18.0. The summed E-state index contributed by atoms with van der Waals surface area (Å²) in [5.74, 6) is 0.573. The molecule has 0 aliphatic heterocycles. The minimum atomic E-state index is 0.573. The van der Waals surface area contributed by atoms with Crippen molar-refractivity contribution in [3.63, 3.8) is 0 Å². The Labute approximate surface area is 154 Å². The van der Waals surface area contributed by atoms with E-state index in [9.17, 15) is 0 Å². The average Bonchev–Trinajstić information content (AvgIpc) is 3.00. The van der Waals surface area contributed by atoms with Crippen molar-refractivity contribution in [3.05, 3.63) is 70.3 Å². The van der Waals surface area contributed by atoms with Gasteiger partial charge in [0.2, 0.25) is 0 Å². The molecule has 1 aliphatic rings. The highest BCUT2D eigenvalue weighted by Gasteiger charge is 2.27. The van der Waals surface area contributed by atoms with Crippen molar-refractivity contribution in [3.8, 4) is 0 Å². The highest BCUT2D eigenvalue weighted by molar-refractivity contribution is 5.92. The van der Waals surface area contributed by atoms with E-state index < -0.39 is 0 Å². The number of fused-ring (bicyclic) bond motifs is 1. The molecule has 1 aliphatic carbocycles. The third kappa shape index (κ3) is 3.73. The molecule has 132 valence electrons. The summed E-state index contributed by atoms with van der Waals surface area (Å²) in [6.07, 6.45) is 11.1. The van der Waals surface area contributed by atoms with Gasteiger partial charge in [-0.3, -0.25) is 0 Å². The van der Waals surface area contributed by atoms with Gasteiger partial charge < -0.3 is 0 Å². The van der Waals surface area contributed by atoms with E-state index in [4.69, 9.17) is 0 Å². The van der Waals surface area contributed by atoms with E-state index in [-0.39, 0.29) is 0 Å². The van der Waals surface area contributed by atoms with Crippen LogP contribution < -0.4 is 0 Å². The Morgan fingerprint density at radius 1 is 0.800 bits per heavy atom. The molecule has 0 heterocycles. The summed E-state index contributed by atoms with van der Waals surface area (Å²) >= 11 is 0. The standard InChI is InChI=1S/C25H32/c1-4-7-15-23-22-16-9-8-13-20(22)18-25(23)24-17-10-14-19(11-5-2)21(24)12-6-3/h8-10,13-14,16-18,23H,4-7,11-12,15H2,1-3H3. The van der Waals surface area contributed by atoms with Crippen LogP contribution in [0, 0.1) is 0 Å². The van der Waals surface area contributed by atoms with Crippen LogP contribution in [0.1, 0.15) is 86.6 Å². The summed E-state index contributed by atoms with van der Waals surface area (Å²) in [6, 6.07) is 16.0. The Bertz CT molecular complexity index is 735. The summed E-state index contributed by atoms with van der Waals surface area (Å²) in [5.41, 5.74) is 9.22. The van der Waals surface area contributed by atoms with E-state index in [0.29, 0.717) is 5.92 Å². The molecule has 0 saturated carbocycles. The Balaban J connectivity index is 2.06. The van der Waals surface area contributed by atoms with Crippen molar-refractivity contribution in [2.45, 2.75) is 71.6 Å². The minimum absolute atomic E-state index is 0.573. The fourth-order valence-electron chi connectivity index (χ4n) is 4.33. The maximum Gasteiger partial charge on any atom is 0.0101 e. The maximum absolute atomic E-state index is 2.47. The normalized spacial score (nSPS) is 16.0. The topological polar surface area (TPSA) is 0 Å². The van der Waals surface area contributed by atoms with Crippen LogP contribution in [0.25, 0.3) is 11.6 Å². The Morgan fingerprint density at radius 3 is 2.36 bits per heavy atom. The summed E-state index contributed by atoms with van der Waals surface area (Å²) < 4.78 is 0. The van der Waals surface area contributed by atoms with Crippen LogP contribution in [-0.2, 0) is 12.8 Å². The molecule has 0 saturated heterocycles. The SMILES string of the molecule is CCCCC1C(c2cccc(CCC)c2CCC)=Cc2ccccc21. The van der Waals surface area contributed by atoms with Crippen LogP contribution in [0.3, 0.4) is 0 Å². The van der Waals surface area contributed by atoms with Gasteiger partial charge in [-0.15, -0.1) is 0 Å². The van der Waals surface area contributed by atoms with Gasteiger partial charge in [0.05, 0.1) is 0 Å². The minimum Gasteiger partial charge on any atom is -0.0654 e. The molecule has 1 atom stereocenters. The number of unbranched alkanes of at least 4 members (excludes halogenated alkanes) is 1. The van der Waals surface area contributed by atoms with Crippen LogP contribution in [0.4, 0.5) is 0 Å². The van der Waals surface area contributed by atoms with Crippen LogP contribution in [0.5, 0.6) is 0 Å². The molecule has 2 aromatic rings. The second-order valence-corrected chi connectivity index (χ2v) is 7.37. The van der Waals surface area contributed by atoms with Gasteiger partial charge in [-0.2, -0.15) is 0 Å². The lowest BCUT2D eigenvalue weighted by Gasteiger charge is -2.21. The molecule has 2 aromatic carbocycles. The zero-order chi connectivity index (χ0) is 17.6. The van der Waals surface area contributed by atoms with E-state index in [0.717, 1.165) is 0 Å². The lowest BCUT2D eigenvalue weighted by Crippen LogP contribution is -2.04. The molecule has 0 N–H and O–H groups in total. The number of hydrogen-bond acceptors (Lipinski definition) is 0. The number of aryl methyl sites for hydroxylation is 1. The van der Waals surface area contributed by atoms with Crippen molar-refractivity contribution in [2.75, 3.05) is 0 Å². The van der Waals surface area contributed by atoms with E-state index in [2.05, 4.69) is 69.3 Å². The number of allylic oxidation sites excluding steroid dienone is 1. The van der Waals surface area contributed by atoms with Gasteiger partial charge in [-0.25, -0.2) is 0 Å². The van der Waals surface area contributed by atoms with E-state index in [1.807, 2.05) is 0 Å². The Kier molecular flexibility index (Phi) is 6.13. The van der Waals surface area contributed by atoms with Gasteiger partial charge >= 0.3 is 0 Å². The van der Waals surface area contributed by atoms with Crippen molar-refractivity contribution >= 4 is 11.6 Å². The first-order valence-corrected chi connectivity index (χ1v) is 10.2.